The van der Waals surface area contributed by atoms with Crippen molar-refractivity contribution in [3.8, 4) is 5.75 Å². The van der Waals surface area contributed by atoms with Gasteiger partial charge in [-0.2, -0.15) is 0 Å². The highest BCUT2D eigenvalue weighted by molar-refractivity contribution is 6.24. The second-order valence-electron chi connectivity index (χ2n) is 13.6. The van der Waals surface area contributed by atoms with Gasteiger partial charge in [-0.05, 0) is 67.7 Å². The average Bonchev–Trinajstić information content (AvgIpc) is 3.42. The van der Waals surface area contributed by atoms with Gasteiger partial charge in [-0.15, -0.1) is 0 Å². The van der Waals surface area contributed by atoms with Crippen LogP contribution >= 0.6 is 0 Å². The molecule has 0 spiro atoms. The third-order valence-electron chi connectivity index (χ3n) is 11.5. The summed E-state index contributed by atoms with van der Waals surface area (Å²) in [6.45, 7) is 1.91. The SMILES string of the molecule is C[C@@]12C(=O)N(c3ccccc3)C(=O)[C@@H]1C[C@@H]1C(=CC[C@@H]3C(=O)N(C4CCCCC4)C(=O)[C@@H]31)[C@@H]2c1ccc(O)c2ccccc12. The number of phenols is 1. The molecule has 224 valence electrons. The first-order chi connectivity index (χ1) is 21.3. The monoisotopic (exact) mass is 588 g/mol. The number of carbonyl (C=O) groups excluding carboxylic acids is 4. The Kier molecular flexibility index (Phi) is 6.13. The number of imide groups is 2. The lowest BCUT2D eigenvalue weighted by Crippen LogP contribution is -2.49. The van der Waals surface area contributed by atoms with E-state index in [9.17, 15) is 24.3 Å². The maximum absolute atomic E-state index is 14.6. The smallest absolute Gasteiger partial charge is 0.241 e. The predicted octanol–water partition coefficient (Wildman–Crippen LogP) is 6.11. The van der Waals surface area contributed by atoms with Crippen LogP contribution in [-0.2, 0) is 19.2 Å². The molecule has 0 bridgehead atoms. The fraction of sp³-hybridized carbons (Fsp3) is 0.405. The number of fused-ring (bicyclic) bond motifs is 5. The number of carbonyl (C=O) groups is 4. The summed E-state index contributed by atoms with van der Waals surface area (Å²) in [6.07, 6.45) is 7.78. The van der Waals surface area contributed by atoms with Gasteiger partial charge in [0.25, 0.3) is 0 Å². The summed E-state index contributed by atoms with van der Waals surface area (Å²) >= 11 is 0. The molecule has 2 saturated carbocycles. The maximum atomic E-state index is 14.6. The van der Waals surface area contributed by atoms with Crippen molar-refractivity contribution < 1.29 is 24.3 Å². The van der Waals surface area contributed by atoms with Crippen LogP contribution in [0.15, 0.2) is 78.4 Å². The number of aromatic hydroxyl groups is 1. The van der Waals surface area contributed by atoms with Crippen molar-refractivity contribution in [3.05, 3.63) is 83.9 Å². The van der Waals surface area contributed by atoms with Gasteiger partial charge in [0.1, 0.15) is 5.75 Å². The number of hydrogen-bond donors (Lipinski definition) is 1. The first-order valence-electron chi connectivity index (χ1n) is 16.0. The summed E-state index contributed by atoms with van der Waals surface area (Å²) in [7, 11) is 0. The molecular weight excluding hydrogens is 552 g/mol. The lowest BCUT2D eigenvalue weighted by molar-refractivity contribution is -0.144. The lowest BCUT2D eigenvalue weighted by Gasteiger charge is -2.49. The molecule has 0 unspecified atom stereocenters. The van der Waals surface area contributed by atoms with Crippen LogP contribution in [0.3, 0.4) is 0 Å². The molecule has 7 heteroatoms. The predicted molar refractivity (Wildman–Crippen MR) is 165 cm³/mol. The van der Waals surface area contributed by atoms with E-state index in [-0.39, 0.29) is 41.3 Å². The largest absolute Gasteiger partial charge is 0.507 e. The Hall–Kier alpha value is -4.26. The quantitative estimate of drug-likeness (QED) is 0.294. The number of hydrogen-bond acceptors (Lipinski definition) is 5. The fourth-order valence-electron chi connectivity index (χ4n) is 9.46. The van der Waals surface area contributed by atoms with Crippen LogP contribution < -0.4 is 4.90 Å². The Bertz CT molecular complexity index is 1760. The van der Waals surface area contributed by atoms with E-state index in [2.05, 4.69) is 6.08 Å². The van der Waals surface area contributed by atoms with Crippen molar-refractivity contribution in [1.29, 1.82) is 0 Å². The number of amides is 4. The van der Waals surface area contributed by atoms with Gasteiger partial charge in [0.15, 0.2) is 0 Å². The van der Waals surface area contributed by atoms with Crippen molar-refractivity contribution in [2.45, 2.75) is 63.8 Å². The van der Waals surface area contributed by atoms with E-state index < -0.39 is 29.1 Å². The van der Waals surface area contributed by atoms with Crippen molar-refractivity contribution in [2.75, 3.05) is 4.90 Å². The number of rotatable bonds is 3. The second kappa shape index (κ2) is 9.88. The maximum Gasteiger partial charge on any atom is 0.241 e. The second-order valence-corrected chi connectivity index (χ2v) is 13.6. The number of para-hydroxylation sites is 1. The molecule has 0 aromatic heterocycles. The van der Waals surface area contributed by atoms with E-state index in [0.717, 1.165) is 48.6 Å². The zero-order chi connectivity index (χ0) is 30.3. The highest BCUT2D eigenvalue weighted by Gasteiger charge is 2.68. The number of anilines is 1. The number of phenolic OH excluding ortho intramolecular Hbond substituents is 1. The highest BCUT2D eigenvalue weighted by atomic mass is 16.3. The molecule has 6 atom stereocenters. The van der Waals surface area contributed by atoms with Gasteiger partial charge in [0.2, 0.25) is 23.6 Å². The molecule has 5 aliphatic rings. The Morgan fingerprint density at radius 1 is 0.773 bits per heavy atom. The van der Waals surface area contributed by atoms with Crippen molar-refractivity contribution >= 4 is 40.1 Å². The van der Waals surface area contributed by atoms with Gasteiger partial charge >= 0.3 is 0 Å². The lowest BCUT2D eigenvalue weighted by atomic mass is 9.51. The first kappa shape index (κ1) is 27.3. The molecule has 0 radical (unpaired) electrons. The number of nitrogens with zero attached hydrogens (tertiary/aromatic N) is 2. The number of allylic oxidation sites excluding steroid dienone is 2. The van der Waals surface area contributed by atoms with Gasteiger partial charge in [0.05, 0.1) is 28.9 Å². The van der Waals surface area contributed by atoms with Crippen LogP contribution in [0.2, 0.25) is 0 Å². The minimum absolute atomic E-state index is 0.0493. The summed E-state index contributed by atoms with van der Waals surface area (Å²) in [5, 5.41) is 12.3. The van der Waals surface area contributed by atoms with Crippen molar-refractivity contribution in [1.82, 2.24) is 4.90 Å². The molecule has 44 heavy (non-hydrogen) atoms. The van der Waals surface area contributed by atoms with Gasteiger partial charge < -0.3 is 5.11 Å². The van der Waals surface area contributed by atoms with Crippen LogP contribution in [0.25, 0.3) is 10.8 Å². The molecule has 2 heterocycles. The summed E-state index contributed by atoms with van der Waals surface area (Å²) in [5.41, 5.74) is 1.26. The van der Waals surface area contributed by atoms with E-state index in [1.807, 2.05) is 55.5 Å². The van der Waals surface area contributed by atoms with Gasteiger partial charge in [-0.3, -0.25) is 24.1 Å². The first-order valence-corrected chi connectivity index (χ1v) is 16.0. The minimum Gasteiger partial charge on any atom is -0.507 e. The van der Waals surface area contributed by atoms with E-state index in [1.165, 1.54) is 4.90 Å². The Morgan fingerprint density at radius 2 is 1.48 bits per heavy atom. The standard InChI is InChI=1S/C37H36N2O5/c1-37-29(34(42)39(36(37)44)22-12-6-3-7-13-22)20-28-26(32(37)25-18-19-30(40)24-15-9-8-14-23(24)25)16-17-27-31(28)35(43)38(33(27)41)21-10-4-2-5-11-21/h3,6-9,12-16,18-19,21,27-29,31-32,40H,2,4-5,10-11,17,20H2,1H3/t27-,28+,29-,31-,32-,37+/m0/s1. The van der Waals surface area contributed by atoms with E-state index in [0.29, 0.717) is 23.9 Å². The van der Waals surface area contributed by atoms with Crippen molar-refractivity contribution in [2.24, 2.45) is 29.1 Å². The van der Waals surface area contributed by atoms with Crippen LogP contribution in [-0.4, -0.2) is 39.7 Å². The van der Waals surface area contributed by atoms with Gasteiger partial charge in [-0.25, -0.2) is 4.90 Å². The number of likely N-dealkylation sites (tertiary alicyclic amines) is 1. The van der Waals surface area contributed by atoms with E-state index in [4.69, 9.17) is 0 Å². The zero-order valence-corrected chi connectivity index (χ0v) is 24.8. The average molecular weight is 589 g/mol. The van der Waals surface area contributed by atoms with E-state index in [1.54, 1.807) is 23.1 Å². The number of benzene rings is 3. The normalized spacial score (nSPS) is 32.1. The molecule has 8 rings (SSSR count). The highest BCUT2D eigenvalue weighted by Crippen LogP contribution is 2.64. The van der Waals surface area contributed by atoms with Gasteiger partial charge in [0, 0.05) is 17.3 Å². The summed E-state index contributed by atoms with van der Waals surface area (Å²) in [5.74, 6) is -2.99. The molecule has 3 aliphatic carbocycles. The topological polar surface area (TPSA) is 95.0 Å². The molecule has 7 nitrogen and oxygen atoms in total. The summed E-state index contributed by atoms with van der Waals surface area (Å²) < 4.78 is 0. The van der Waals surface area contributed by atoms with Gasteiger partial charge in [-0.1, -0.05) is 79.4 Å². The summed E-state index contributed by atoms with van der Waals surface area (Å²) in [4.78, 5) is 60.1. The van der Waals surface area contributed by atoms with Crippen LogP contribution in [0.4, 0.5) is 5.69 Å². The zero-order valence-electron chi connectivity index (χ0n) is 24.8. The molecule has 3 aromatic carbocycles. The Morgan fingerprint density at radius 3 is 2.23 bits per heavy atom. The molecule has 3 aromatic rings. The van der Waals surface area contributed by atoms with Crippen LogP contribution in [0, 0.1) is 29.1 Å². The third kappa shape index (κ3) is 3.61. The third-order valence-corrected chi connectivity index (χ3v) is 11.5. The Balaban J connectivity index is 1.30. The minimum atomic E-state index is -1.11. The molecule has 4 amide bonds. The fourth-order valence-corrected chi connectivity index (χ4v) is 9.46. The summed E-state index contributed by atoms with van der Waals surface area (Å²) in [6, 6.07) is 20.1. The van der Waals surface area contributed by atoms with Crippen LogP contribution in [0.5, 0.6) is 5.75 Å². The Labute approximate surface area is 256 Å². The van der Waals surface area contributed by atoms with Crippen LogP contribution in [0.1, 0.15) is 63.4 Å². The molecule has 4 fully saturated rings. The molecule has 2 aliphatic heterocycles. The van der Waals surface area contributed by atoms with Crippen molar-refractivity contribution in [3.63, 3.8) is 0 Å². The molecule has 2 saturated heterocycles. The molecular formula is C37H36N2O5. The molecule has 1 N–H and O–H groups in total. The van der Waals surface area contributed by atoms with E-state index >= 15 is 0 Å².